The summed E-state index contributed by atoms with van der Waals surface area (Å²) in [5.74, 6) is -0.329. The number of rotatable bonds is 6. The van der Waals surface area contributed by atoms with Crippen LogP contribution in [-0.4, -0.2) is 26.8 Å². The fourth-order valence-electron chi connectivity index (χ4n) is 2.78. The lowest BCUT2D eigenvalue weighted by atomic mass is 10.2. The summed E-state index contributed by atoms with van der Waals surface area (Å²) in [6, 6.07) is 16.7. The molecule has 2 aromatic heterocycles. The number of anilines is 1. The Kier molecular flexibility index (Phi) is 4.81. The summed E-state index contributed by atoms with van der Waals surface area (Å²) in [5.41, 5.74) is 0.704. The van der Waals surface area contributed by atoms with Crippen LogP contribution < -0.4 is 4.72 Å². The van der Waals surface area contributed by atoms with E-state index in [0.717, 1.165) is 12.5 Å². The third-order valence-corrected chi connectivity index (χ3v) is 6.93. The maximum atomic E-state index is 12.8. The Bertz CT molecular complexity index is 1350. The van der Waals surface area contributed by atoms with Crippen LogP contribution in [0.15, 0.2) is 87.7 Å². The van der Waals surface area contributed by atoms with Crippen molar-refractivity contribution >= 4 is 36.5 Å². The zero-order valence-electron chi connectivity index (χ0n) is 14.9. The summed E-state index contributed by atoms with van der Waals surface area (Å²) in [6.07, 6.45) is 2.15. The van der Waals surface area contributed by atoms with Crippen molar-refractivity contribution in [2.24, 2.45) is 0 Å². The molecule has 0 aliphatic carbocycles. The maximum Gasteiger partial charge on any atom is 0.295 e. The Balaban J connectivity index is 1.69. The van der Waals surface area contributed by atoms with E-state index in [0.29, 0.717) is 16.5 Å². The highest BCUT2D eigenvalue weighted by Gasteiger charge is 2.26. The number of benzene rings is 2. The van der Waals surface area contributed by atoms with Gasteiger partial charge in [-0.15, -0.1) is 0 Å². The summed E-state index contributed by atoms with van der Waals surface area (Å²) in [5, 5.41) is -0.140. The van der Waals surface area contributed by atoms with Gasteiger partial charge in [0.1, 0.15) is 17.6 Å². The van der Waals surface area contributed by atoms with Crippen molar-refractivity contribution in [2.45, 2.75) is 15.9 Å². The lowest BCUT2D eigenvalue weighted by Crippen LogP contribution is -2.17. The smallest absolute Gasteiger partial charge is 0.295 e. The molecule has 0 amide bonds. The third-order valence-electron chi connectivity index (χ3n) is 4.08. The van der Waals surface area contributed by atoms with Crippen LogP contribution in [0.1, 0.15) is 5.56 Å². The molecule has 4 aromatic rings. The van der Waals surface area contributed by atoms with Crippen molar-refractivity contribution in [1.82, 2.24) is 9.97 Å². The molecular weight excluding hydrogens is 414 g/mol. The Labute approximate surface area is 167 Å². The van der Waals surface area contributed by atoms with E-state index in [4.69, 9.17) is 4.42 Å². The molecular formula is C19H15N3O5S2. The molecule has 0 saturated carbocycles. The van der Waals surface area contributed by atoms with Gasteiger partial charge >= 0.3 is 0 Å². The topological polar surface area (TPSA) is 119 Å². The van der Waals surface area contributed by atoms with Gasteiger partial charge in [-0.25, -0.2) is 18.4 Å². The second kappa shape index (κ2) is 7.30. The fraction of sp³-hybridized carbons (Fsp3) is 0.0526. The molecule has 0 fully saturated rings. The second-order valence-electron chi connectivity index (χ2n) is 6.20. The highest BCUT2D eigenvalue weighted by Crippen LogP contribution is 2.27. The molecule has 0 aliphatic rings. The fourth-order valence-corrected chi connectivity index (χ4v) is 5.28. The molecule has 148 valence electrons. The van der Waals surface area contributed by atoms with Crippen molar-refractivity contribution in [3.05, 3.63) is 78.8 Å². The average molecular weight is 429 g/mol. The van der Waals surface area contributed by atoms with Crippen molar-refractivity contribution in [3.63, 3.8) is 0 Å². The van der Waals surface area contributed by atoms with Crippen LogP contribution in [0.5, 0.6) is 0 Å². The summed E-state index contributed by atoms with van der Waals surface area (Å²) in [4.78, 5) is 7.56. The normalized spacial score (nSPS) is 12.1. The first-order valence-corrected chi connectivity index (χ1v) is 11.6. The summed E-state index contributed by atoms with van der Waals surface area (Å²) in [7, 11) is -8.12. The van der Waals surface area contributed by atoms with Crippen molar-refractivity contribution in [2.75, 3.05) is 4.72 Å². The minimum absolute atomic E-state index is 0.246. The van der Waals surface area contributed by atoms with Crippen LogP contribution in [0.25, 0.3) is 11.0 Å². The maximum absolute atomic E-state index is 12.8. The largest absolute Gasteiger partial charge is 0.443 e. The van der Waals surface area contributed by atoms with E-state index >= 15 is 0 Å². The number of hydrogen-bond donors (Lipinski definition) is 1. The molecule has 1 N–H and O–H groups in total. The number of furan rings is 1. The standard InChI is InChI=1S/C19H15N3O5S2/c23-28(24,12-14-6-2-1-3-7-14)19-16(11-20-13-21-19)22-29(25,26)18-10-15-8-4-5-9-17(15)27-18/h1-11,13,22H,12H2. The van der Waals surface area contributed by atoms with E-state index in [1.165, 1.54) is 6.07 Å². The molecule has 0 spiro atoms. The van der Waals surface area contributed by atoms with Gasteiger partial charge in [0.15, 0.2) is 5.03 Å². The Hall–Kier alpha value is -3.24. The number of fused-ring (bicyclic) bond motifs is 1. The van der Waals surface area contributed by atoms with Gasteiger partial charge in [-0.1, -0.05) is 48.5 Å². The van der Waals surface area contributed by atoms with E-state index in [2.05, 4.69) is 14.7 Å². The quantitative estimate of drug-likeness (QED) is 0.468. The van der Waals surface area contributed by atoms with Crippen LogP contribution in [0, 0.1) is 0 Å². The predicted molar refractivity (Wildman–Crippen MR) is 106 cm³/mol. The van der Waals surface area contributed by atoms with Crippen LogP contribution in [0.3, 0.4) is 0 Å². The van der Waals surface area contributed by atoms with Gasteiger partial charge in [0.25, 0.3) is 10.0 Å². The predicted octanol–water partition coefficient (Wildman–Crippen LogP) is 3.00. The van der Waals surface area contributed by atoms with E-state index in [1.54, 1.807) is 54.6 Å². The van der Waals surface area contributed by atoms with Gasteiger partial charge in [0.2, 0.25) is 14.9 Å². The number of sulfonamides is 1. The number of aromatic nitrogens is 2. The van der Waals surface area contributed by atoms with Crippen molar-refractivity contribution in [1.29, 1.82) is 0 Å². The molecule has 2 heterocycles. The number of para-hydroxylation sites is 1. The van der Waals surface area contributed by atoms with Crippen LogP contribution >= 0.6 is 0 Å². The van der Waals surface area contributed by atoms with Gasteiger partial charge in [-0.3, -0.25) is 4.72 Å². The zero-order valence-corrected chi connectivity index (χ0v) is 16.5. The lowest BCUT2D eigenvalue weighted by molar-refractivity contribution is 0.484. The van der Waals surface area contributed by atoms with Gasteiger partial charge in [0, 0.05) is 11.5 Å². The molecule has 0 radical (unpaired) electrons. The van der Waals surface area contributed by atoms with Gasteiger partial charge in [0.05, 0.1) is 11.9 Å². The first-order valence-electron chi connectivity index (χ1n) is 8.43. The summed E-state index contributed by atoms with van der Waals surface area (Å²) >= 11 is 0. The second-order valence-corrected chi connectivity index (χ2v) is 9.71. The van der Waals surface area contributed by atoms with Gasteiger partial charge < -0.3 is 4.42 Å². The number of nitrogens with one attached hydrogen (secondary N) is 1. The molecule has 10 heteroatoms. The van der Waals surface area contributed by atoms with Crippen LogP contribution in [-0.2, 0) is 25.6 Å². The van der Waals surface area contributed by atoms with Crippen LogP contribution in [0.4, 0.5) is 5.69 Å². The Morgan fingerprint density at radius 3 is 2.41 bits per heavy atom. The van der Waals surface area contributed by atoms with Gasteiger partial charge in [-0.05, 0) is 11.6 Å². The number of hydrogen-bond acceptors (Lipinski definition) is 7. The monoisotopic (exact) mass is 429 g/mol. The molecule has 0 atom stereocenters. The molecule has 0 saturated heterocycles. The molecule has 8 nitrogen and oxygen atoms in total. The minimum atomic E-state index is -4.19. The van der Waals surface area contributed by atoms with E-state index in [1.807, 2.05) is 0 Å². The highest BCUT2D eigenvalue weighted by atomic mass is 32.2. The van der Waals surface area contributed by atoms with Crippen molar-refractivity contribution < 1.29 is 21.3 Å². The molecule has 0 aliphatic heterocycles. The first kappa shape index (κ1) is 19.1. The average Bonchev–Trinajstić information content (AvgIpc) is 3.14. The molecule has 0 unspecified atom stereocenters. The Morgan fingerprint density at radius 2 is 1.66 bits per heavy atom. The summed E-state index contributed by atoms with van der Waals surface area (Å²) in [6.45, 7) is 0. The van der Waals surface area contributed by atoms with E-state index < -0.39 is 24.9 Å². The Morgan fingerprint density at radius 1 is 0.931 bits per heavy atom. The molecule has 4 rings (SSSR count). The third kappa shape index (κ3) is 3.98. The number of nitrogens with zero attached hydrogens (tertiary/aromatic N) is 2. The summed E-state index contributed by atoms with van der Waals surface area (Å²) < 4.78 is 58.8. The van der Waals surface area contributed by atoms with E-state index in [9.17, 15) is 16.8 Å². The first-order chi connectivity index (χ1) is 13.9. The lowest BCUT2D eigenvalue weighted by Gasteiger charge is -2.10. The molecule has 2 aromatic carbocycles. The zero-order chi connectivity index (χ0) is 20.5. The van der Waals surface area contributed by atoms with Gasteiger partial charge in [-0.2, -0.15) is 8.42 Å². The minimum Gasteiger partial charge on any atom is -0.443 e. The SMILES string of the molecule is O=S(=O)(Cc1ccccc1)c1ncncc1NS(=O)(=O)c1cc2ccccc2o1. The molecule has 29 heavy (non-hydrogen) atoms. The van der Waals surface area contributed by atoms with Crippen molar-refractivity contribution in [3.8, 4) is 0 Å². The highest BCUT2D eigenvalue weighted by molar-refractivity contribution is 7.93. The van der Waals surface area contributed by atoms with Crippen LogP contribution in [0.2, 0.25) is 0 Å². The number of sulfone groups is 1. The molecule has 0 bridgehead atoms. The van der Waals surface area contributed by atoms with E-state index in [-0.39, 0.29) is 16.5 Å².